The fraction of sp³-hybridized carbons (Fsp3) is 0.370. The molecule has 0 saturated carbocycles. The average molecular weight is 503 g/mol. The second-order valence-corrected chi connectivity index (χ2v) is 9.88. The van der Waals surface area contributed by atoms with Crippen LogP contribution in [-0.4, -0.2) is 62.0 Å². The van der Waals surface area contributed by atoms with Gasteiger partial charge in [-0.15, -0.1) is 0 Å². The number of carbonyl (C=O) groups is 1. The summed E-state index contributed by atoms with van der Waals surface area (Å²) in [6.07, 6.45) is 3.07. The van der Waals surface area contributed by atoms with Gasteiger partial charge in [0.1, 0.15) is 11.3 Å². The minimum absolute atomic E-state index is 0.125. The van der Waals surface area contributed by atoms with Gasteiger partial charge >= 0.3 is 0 Å². The summed E-state index contributed by atoms with van der Waals surface area (Å²) in [6, 6.07) is 11.5. The molecule has 0 radical (unpaired) electrons. The number of rotatable bonds is 6. The van der Waals surface area contributed by atoms with Gasteiger partial charge in [0.15, 0.2) is 0 Å². The zero-order chi connectivity index (χ0) is 26.3. The number of aryl methyl sites for hydroxylation is 1. The Morgan fingerprint density at radius 1 is 1.08 bits per heavy atom. The van der Waals surface area contributed by atoms with Gasteiger partial charge in [-0.1, -0.05) is 0 Å². The molecule has 0 spiro atoms. The third kappa shape index (κ3) is 4.89. The third-order valence-corrected chi connectivity index (χ3v) is 6.81. The number of piperidine rings is 1. The lowest BCUT2D eigenvalue weighted by Crippen LogP contribution is -2.45. The molecule has 10 heteroatoms. The number of fused-ring (bicyclic) bond motifs is 1. The fourth-order valence-corrected chi connectivity index (χ4v) is 4.90. The number of nitrogens with zero attached hydrogens (tertiary/aromatic N) is 7. The topological polar surface area (TPSA) is 92.1 Å². The summed E-state index contributed by atoms with van der Waals surface area (Å²) < 4.78 is 16.8. The molecule has 4 aromatic rings. The van der Waals surface area contributed by atoms with E-state index in [4.69, 9.17) is 0 Å². The highest BCUT2D eigenvalue weighted by Crippen LogP contribution is 2.28. The highest BCUT2D eigenvalue weighted by atomic mass is 19.1. The first-order chi connectivity index (χ1) is 17.7. The van der Waals surface area contributed by atoms with Gasteiger partial charge < -0.3 is 19.7 Å². The molecule has 1 amide bonds. The lowest BCUT2D eigenvalue weighted by Gasteiger charge is -2.34. The number of pyridine rings is 1. The van der Waals surface area contributed by atoms with Crippen molar-refractivity contribution in [3.05, 3.63) is 54.4 Å². The van der Waals surface area contributed by atoms with Crippen molar-refractivity contribution in [1.29, 1.82) is 0 Å². The van der Waals surface area contributed by atoms with Crippen molar-refractivity contribution in [2.24, 2.45) is 0 Å². The Bertz CT molecular complexity index is 1450. The summed E-state index contributed by atoms with van der Waals surface area (Å²) in [6.45, 7) is 6.62. The van der Waals surface area contributed by atoms with E-state index in [0.717, 1.165) is 23.6 Å². The third-order valence-electron chi connectivity index (χ3n) is 6.81. The molecule has 1 atom stereocenters. The van der Waals surface area contributed by atoms with E-state index in [-0.39, 0.29) is 23.5 Å². The number of nitrogens with one attached hydrogen (secondary N) is 1. The molecule has 9 nitrogen and oxygen atoms in total. The van der Waals surface area contributed by atoms with Crippen LogP contribution < -0.4 is 10.2 Å². The predicted octanol–water partition coefficient (Wildman–Crippen LogP) is 4.72. The van der Waals surface area contributed by atoms with Crippen LogP contribution >= 0.6 is 0 Å². The molecule has 5 rings (SSSR count). The Balaban J connectivity index is 1.36. The lowest BCUT2D eigenvalue weighted by molar-refractivity contribution is -0.120. The van der Waals surface area contributed by atoms with Crippen LogP contribution in [0.4, 0.5) is 21.7 Å². The van der Waals surface area contributed by atoms with Gasteiger partial charge in [0, 0.05) is 42.6 Å². The SMILES string of the molecule is Cc1nc2c(F)nc(-c3ccnc(Nc4ccc(N5CCC(N(C)C)CC5=O)cc4)n3)cc2n1C(C)C. The molecular formula is C27H31FN8O. The molecule has 1 N–H and O–H groups in total. The molecule has 3 aromatic heterocycles. The maximum Gasteiger partial charge on any atom is 0.241 e. The molecule has 1 aliphatic heterocycles. The Morgan fingerprint density at radius 2 is 1.84 bits per heavy atom. The van der Waals surface area contributed by atoms with Crippen molar-refractivity contribution in [2.45, 2.75) is 45.7 Å². The monoisotopic (exact) mass is 502 g/mol. The van der Waals surface area contributed by atoms with E-state index in [1.165, 1.54) is 0 Å². The van der Waals surface area contributed by atoms with Gasteiger partial charge in [-0.25, -0.2) is 19.9 Å². The van der Waals surface area contributed by atoms with Gasteiger partial charge in [0.05, 0.1) is 16.9 Å². The van der Waals surface area contributed by atoms with Crippen LogP contribution in [0.3, 0.4) is 0 Å². The van der Waals surface area contributed by atoms with Crippen LogP contribution in [0.1, 0.15) is 38.6 Å². The molecule has 192 valence electrons. The molecule has 1 saturated heterocycles. The van der Waals surface area contributed by atoms with Crippen molar-refractivity contribution in [3.8, 4) is 11.4 Å². The van der Waals surface area contributed by atoms with Crippen LogP contribution in [0.15, 0.2) is 42.6 Å². The summed E-state index contributed by atoms with van der Waals surface area (Å²) >= 11 is 0. The maximum absolute atomic E-state index is 14.8. The standard InChI is InChI=1S/C27H31FN8O/c1-16(2)36-17(3)30-25-23(36)15-22(32-26(25)28)21-10-12-29-27(33-21)31-18-6-8-19(9-7-18)35-13-11-20(34(4)5)14-24(35)37/h6-10,12,15-16,20H,11,13-14H2,1-5H3,(H,29,31,33). The van der Waals surface area contributed by atoms with Crippen molar-refractivity contribution < 1.29 is 9.18 Å². The van der Waals surface area contributed by atoms with Gasteiger partial charge in [0.25, 0.3) is 0 Å². The highest BCUT2D eigenvalue weighted by Gasteiger charge is 2.27. The van der Waals surface area contributed by atoms with E-state index in [0.29, 0.717) is 35.8 Å². The first-order valence-electron chi connectivity index (χ1n) is 12.4. The van der Waals surface area contributed by atoms with Gasteiger partial charge in [-0.2, -0.15) is 4.39 Å². The minimum atomic E-state index is -0.622. The zero-order valence-corrected chi connectivity index (χ0v) is 21.7. The van der Waals surface area contributed by atoms with Crippen molar-refractivity contribution in [2.75, 3.05) is 30.9 Å². The van der Waals surface area contributed by atoms with Gasteiger partial charge in [0.2, 0.25) is 17.8 Å². The van der Waals surface area contributed by atoms with Crippen LogP contribution in [-0.2, 0) is 4.79 Å². The summed E-state index contributed by atoms with van der Waals surface area (Å²) in [4.78, 5) is 33.9. The molecule has 1 aromatic carbocycles. The van der Waals surface area contributed by atoms with Crippen molar-refractivity contribution in [1.82, 2.24) is 29.4 Å². The predicted molar refractivity (Wildman–Crippen MR) is 142 cm³/mol. The number of halogens is 1. The number of hydrogen-bond acceptors (Lipinski definition) is 7. The van der Waals surface area contributed by atoms with Crippen LogP contribution in [0.2, 0.25) is 0 Å². The zero-order valence-electron chi connectivity index (χ0n) is 21.7. The van der Waals surface area contributed by atoms with Gasteiger partial charge in [-0.3, -0.25) is 4.79 Å². The van der Waals surface area contributed by atoms with E-state index in [1.807, 2.05) is 74.7 Å². The molecular weight excluding hydrogens is 471 g/mol. The minimum Gasteiger partial charge on any atom is -0.325 e. The number of carbonyl (C=O) groups excluding carboxylic acids is 1. The maximum atomic E-state index is 14.8. The Morgan fingerprint density at radius 3 is 2.51 bits per heavy atom. The molecule has 4 heterocycles. The summed E-state index contributed by atoms with van der Waals surface area (Å²) in [5.41, 5.74) is 3.49. The van der Waals surface area contributed by atoms with E-state index >= 15 is 0 Å². The van der Waals surface area contributed by atoms with Crippen molar-refractivity contribution >= 4 is 34.3 Å². The number of imidazole rings is 1. The van der Waals surface area contributed by atoms with E-state index in [9.17, 15) is 9.18 Å². The molecule has 0 bridgehead atoms. The highest BCUT2D eigenvalue weighted by molar-refractivity contribution is 5.94. The average Bonchev–Trinajstić information content (AvgIpc) is 3.21. The van der Waals surface area contributed by atoms with Crippen molar-refractivity contribution in [3.63, 3.8) is 0 Å². The van der Waals surface area contributed by atoms with Crippen LogP contribution in [0.5, 0.6) is 0 Å². The van der Waals surface area contributed by atoms with Crippen LogP contribution in [0.25, 0.3) is 22.4 Å². The number of aromatic nitrogens is 5. The Labute approximate surface area is 215 Å². The van der Waals surface area contributed by atoms with Gasteiger partial charge in [-0.05, 0) is 77.7 Å². The largest absolute Gasteiger partial charge is 0.325 e. The normalized spacial score (nSPS) is 16.3. The number of amides is 1. The second-order valence-electron chi connectivity index (χ2n) is 9.88. The summed E-state index contributed by atoms with van der Waals surface area (Å²) in [7, 11) is 4.02. The fourth-order valence-electron chi connectivity index (χ4n) is 4.90. The van der Waals surface area contributed by atoms with E-state index < -0.39 is 5.95 Å². The smallest absolute Gasteiger partial charge is 0.241 e. The molecule has 1 fully saturated rings. The Kier molecular flexibility index (Phi) is 6.59. The first kappa shape index (κ1) is 24.8. The number of hydrogen-bond donors (Lipinski definition) is 1. The quantitative estimate of drug-likeness (QED) is 0.382. The number of anilines is 3. The van der Waals surface area contributed by atoms with Crippen LogP contribution in [0, 0.1) is 12.9 Å². The summed E-state index contributed by atoms with van der Waals surface area (Å²) in [5, 5.41) is 3.19. The Hall–Kier alpha value is -3.92. The number of benzene rings is 1. The lowest BCUT2D eigenvalue weighted by atomic mass is 10.0. The van der Waals surface area contributed by atoms with E-state index in [1.54, 1.807) is 12.3 Å². The second kappa shape index (κ2) is 9.85. The molecule has 0 aliphatic carbocycles. The molecule has 1 unspecified atom stereocenters. The first-order valence-corrected chi connectivity index (χ1v) is 12.4. The molecule has 37 heavy (non-hydrogen) atoms. The molecule has 1 aliphatic rings. The van der Waals surface area contributed by atoms with E-state index in [2.05, 4.69) is 30.2 Å². The summed E-state index contributed by atoms with van der Waals surface area (Å²) in [5.74, 6) is 0.611.